The van der Waals surface area contributed by atoms with Crippen LogP contribution in [0.1, 0.15) is 67.8 Å². The Hall–Kier alpha value is -4.12. The van der Waals surface area contributed by atoms with Gasteiger partial charge in [-0.1, -0.05) is 0 Å². The average molecular weight is 781 g/mol. The summed E-state index contributed by atoms with van der Waals surface area (Å²) in [5.74, 6) is 0.324. The van der Waals surface area contributed by atoms with Crippen LogP contribution in [-0.2, 0) is 15.3 Å². The molecule has 0 saturated carbocycles. The molecule has 0 aliphatic carbocycles. The molecule has 4 fully saturated rings. The number of H-pyrrole nitrogens is 1. The van der Waals surface area contributed by atoms with Gasteiger partial charge in [-0.15, -0.1) is 0 Å². The van der Waals surface area contributed by atoms with E-state index in [4.69, 9.17) is 14.9 Å². The number of aromatic amines is 1. The van der Waals surface area contributed by atoms with Crippen LogP contribution in [0.4, 0.5) is 19.3 Å². The molecule has 2 aromatic carbocycles. The Kier molecular flexibility index (Phi) is 12.6. The number of urea groups is 1. The number of halogens is 2. The van der Waals surface area contributed by atoms with Crippen molar-refractivity contribution in [3.05, 3.63) is 63.2 Å². The summed E-state index contributed by atoms with van der Waals surface area (Å²) in [5.41, 5.74) is 1.31. The molecule has 0 spiro atoms. The summed E-state index contributed by atoms with van der Waals surface area (Å²) >= 11 is 1.74. The Bertz CT molecular complexity index is 1940. The summed E-state index contributed by atoms with van der Waals surface area (Å²) in [4.78, 5) is 50.0. The van der Waals surface area contributed by atoms with Crippen LogP contribution in [0.25, 0.3) is 10.9 Å². The molecule has 0 unspecified atom stereocenters. The fraction of sp³-hybridized carbons (Fsp3) is 0.564. The van der Waals surface area contributed by atoms with Crippen molar-refractivity contribution in [1.29, 1.82) is 5.41 Å². The number of ether oxygens (including phenoxy) is 2. The first-order chi connectivity index (χ1) is 26.6. The van der Waals surface area contributed by atoms with Crippen molar-refractivity contribution >= 4 is 46.1 Å². The van der Waals surface area contributed by atoms with Gasteiger partial charge < -0.3 is 29.6 Å². The number of likely N-dealkylation sites (tertiary alicyclic amines) is 2. The Balaban J connectivity index is 0.848. The summed E-state index contributed by atoms with van der Waals surface area (Å²) in [6.07, 6.45) is 5.63. The van der Waals surface area contributed by atoms with E-state index in [1.54, 1.807) is 30.9 Å². The molecule has 55 heavy (non-hydrogen) atoms. The van der Waals surface area contributed by atoms with E-state index >= 15 is 8.78 Å². The normalized spacial score (nSPS) is 19.9. The summed E-state index contributed by atoms with van der Waals surface area (Å²) in [6, 6.07) is 5.38. The third-order valence-corrected chi connectivity index (χ3v) is 12.7. The predicted octanol–water partition coefficient (Wildman–Crippen LogP) is 4.89. The van der Waals surface area contributed by atoms with Crippen molar-refractivity contribution in [1.82, 2.24) is 30.0 Å². The van der Waals surface area contributed by atoms with Gasteiger partial charge in [0.15, 0.2) is 0 Å². The number of imide groups is 1. The molecule has 1 aromatic heterocycles. The third-order valence-electron chi connectivity index (χ3n) is 11.3. The van der Waals surface area contributed by atoms with Crippen LogP contribution in [0.15, 0.2) is 29.1 Å². The number of amides is 3. The topological polar surface area (TPSA) is 156 Å². The number of carbonyl (C=O) groups excluding carboxylic acids is 2. The van der Waals surface area contributed by atoms with Gasteiger partial charge in [-0.25, -0.2) is 18.6 Å². The first-order valence-corrected chi connectivity index (χ1v) is 20.4. The van der Waals surface area contributed by atoms with E-state index in [-0.39, 0.29) is 47.4 Å². The van der Waals surface area contributed by atoms with Crippen LogP contribution in [0.5, 0.6) is 5.75 Å². The molecule has 16 heteroatoms. The van der Waals surface area contributed by atoms with E-state index in [0.29, 0.717) is 51.9 Å². The second kappa shape index (κ2) is 17.8. The monoisotopic (exact) mass is 780 g/mol. The van der Waals surface area contributed by atoms with Crippen molar-refractivity contribution in [2.45, 2.75) is 61.9 Å². The molecule has 0 bridgehead atoms. The Labute approximate surface area is 323 Å². The van der Waals surface area contributed by atoms with E-state index in [1.807, 2.05) is 0 Å². The second-order valence-corrected chi connectivity index (χ2v) is 16.2. The molecule has 4 aliphatic heterocycles. The van der Waals surface area contributed by atoms with Gasteiger partial charge in [-0.2, -0.15) is 11.8 Å². The third kappa shape index (κ3) is 9.47. The smallest absolute Gasteiger partial charge is 0.329 e. The number of anilines is 1. The predicted molar refractivity (Wildman–Crippen MR) is 208 cm³/mol. The number of thioether (sulfide) groups is 1. The van der Waals surface area contributed by atoms with Crippen LogP contribution in [0, 0.1) is 23.0 Å². The van der Waals surface area contributed by atoms with Crippen molar-refractivity contribution in [2.75, 3.05) is 78.0 Å². The lowest BCUT2D eigenvalue weighted by atomic mass is 9.87. The largest absolute Gasteiger partial charge is 0.493 e. The minimum absolute atomic E-state index is 0.0434. The van der Waals surface area contributed by atoms with Crippen LogP contribution in [0.2, 0.25) is 0 Å². The lowest BCUT2D eigenvalue weighted by Crippen LogP contribution is -2.52. The van der Waals surface area contributed by atoms with Crippen LogP contribution >= 0.6 is 11.8 Å². The molecule has 13 nitrogen and oxygen atoms in total. The number of rotatable bonds is 12. The van der Waals surface area contributed by atoms with Gasteiger partial charge in [0, 0.05) is 75.0 Å². The first-order valence-electron chi connectivity index (χ1n) is 19.4. The first kappa shape index (κ1) is 39.1. The van der Waals surface area contributed by atoms with E-state index in [2.05, 4.69) is 30.4 Å². The lowest BCUT2D eigenvalue weighted by Gasteiger charge is -2.36. The highest BCUT2D eigenvalue weighted by Crippen LogP contribution is 2.34. The summed E-state index contributed by atoms with van der Waals surface area (Å²) in [5, 5.41) is 14.3. The number of nitrogens with one attached hydrogen (secondary N) is 4. The highest BCUT2D eigenvalue weighted by Gasteiger charge is 2.30. The number of hydrogen-bond acceptors (Lipinski definition) is 11. The zero-order chi connectivity index (χ0) is 38.5. The Morgan fingerprint density at radius 3 is 2.36 bits per heavy atom. The summed E-state index contributed by atoms with van der Waals surface area (Å²) < 4.78 is 42.1. The number of aromatic nitrogens is 2. The number of amidine groups is 1. The van der Waals surface area contributed by atoms with E-state index in [1.165, 1.54) is 12.1 Å². The second-order valence-electron chi connectivity index (χ2n) is 14.9. The van der Waals surface area contributed by atoms with Crippen LogP contribution < -0.4 is 20.9 Å². The maximum absolute atomic E-state index is 15.5. The fourth-order valence-electron chi connectivity index (χ4n) is 8.01. The molecule has 0 atom stereocenters. The number of fused-ring (bicyclic) bond motifs is 1. The number of carbonyl (C=O) groups is 2. The molecule has 3 amide bonds. The van der Waals surface area contributed by atoms with Crippen molar-refractivity contribution in [3.63, 3.8) is 0 Å². The highest BCUT2D eigenvalue weighted by molar-refractivity contribution is 7.99. The number of hydrogen-bond donors (Lipinski definition) is 4. The molecular formula is C39H50F2N8O5S. The average Bonchev–Trinajstić information content (AvgIpc) is 3.19. The summed E-state index contributed by atoms with van der Waals surface area (Å²) in [6.45, 7) is 7.58. The van der Waals surface area contributed by atoms with Gasteiger partial charge in [0.2, 0.25) is 5.91 Å². The molecule has 4 aliphatic rings. The molecule has 4 saturated heterocycles. The Morgan fingerprint density at radius 1 is 0.964 bits per heavy atom. The fourth-order valence-corrected chi connectivity index (χ4v) is 9.06. The van der Waals surface area contributed by atoms with Gasteiger partial charge in [-0.05, 0) is 94.2 Å². The Morgan fingerprint density at radius 2 is 1.67 bits per heavy atom. The minimum Gasteiger partial charge on any atom is -0.493 e. The quantitative estimate of drug-likeness (QED) is 0.148. The van der Waals surface area contributed by atoms with Gasteiger partial charge in [0.05, 0.1) is 17.9 Å². The lowest BCUT2D eigenvalue weighted by molar-refractivity contribution is -0.121. The van der Waals surface area contributed by atoms with E-state index < -0.39 is 17.4 Å². The van der Waals surface area contributed by atoms with E-state index in [0.717, 1.165) is 95.9 Å². The van der Waals surface area contributed by atoms with Gasteiger partial charge in [-0.3, -0.25) is 25.2 Å². The number of nitrogens with zero attached hydrogens (tertiary/aromatic N) is 4. The van der Waals surface area contributed by atoms with Crippen molar-refractivity contribution in [3.8, 4) is 5.75 Å². The standard InChI is InChI=1S/C39H50F2N8O5S/c1-43-32-21-28(30(40)20-29(32)37(42)49-13-6-35(50)46-39(49)52)25-4-11-48(12-5-25)15-14-47-9-2-24(3-10-47)22-54-26-18-31(41)36-33(19-26)44-34(45-38(36)51)23-55-27-7-16-53-17-8-27/h18-21,24-25,27,42-43H,2-17,22-23H2,1H3,(H,44,45,51)(H,46,50,52). The van der Waals surface area contributed by atoms with Gasteiger partial charge >= 0.3 is 6.03 Å². The molecule has 4 N–H and O–H groups in total. The molecule has 3 aromatic rings. The summed E-state index contributed by atoms with van der Waals surface area (Å²) in [7, 11) is 1.71. The number of piperidine rings is 2. The minimum atomic E-state index is -0.670. The van der Waals surface area contributed by atoms with Gasteiger partial charge in [0.1, 0.15) is 34.4 Å². The number of benzene rings is 2. The van der Waals surface area contributed by atoms with Crippen LogP contribution in [0.3, 0.4) is 0 Å². The van der Waals surface area contributed by atoms with Crippen molar-refractivity contribution in [2.24, 2.45) is 5.92 Å². The van der Waals surface area contributed by atoms with Crippen molar-refractivity contribution < 1.29 is 27.8 Å². The molecule has 296 valence electrons. The maximum atomic E-state index is 15.5. The molecule has 7 rings (SSSR count). The SMILES string of the molecule is CNc1cc(C2CCN(CCN3CCC(COc4cc(F)c5c(=O)[nH]c(CSC6CCOCC6)nc5c4)CC3)CC2)c(F)cc1C(=N)N1CCC(=O)NC1=O. The van der Waals surface area contributed by atoms with Crippen LogP contribution in [-0.4, -0.2) is 120 Å². The molecular weight excluding hydrogens is 731 g/mol. The highest BCUT2D eigenvalue weighted by atomic mass is 32.2. The maximum Gasteiger partial charge on any atom is 0.329 e. The van der Waals surface area contributed by atoms with Gasteiger partial charge in [0.25, 0.3) is 5.56 Å². The molecule has 0 radical (unpaired) electrons. The molecule has 5 heterocycles. The zero-order valence-corrected chi connectivity index (χ0v) is 32.1. The zero-order valence-electron chi connectivity index (χ0n) is 31.3. The van der Waals surface area contributed by atoms with E-state index in [9.17, 15) is 14.4 Å².